The van der Waals surface area contributed by atoms with Crippen LogP contribution in [0.4, 0.5) is 0 Å². The van der Waals surface area contributed by atoms with Gasteiger partial charge in [-0.15, -0.1) is 11.6 Å². The van der Waals surface area contributed by atoms with Crippen LogP contribution in [0.25, 0.3) is 0 Å². The van der Waals surface area contributed by atoms with E-state index in [4.69, 9.17) is 16.3 Å². The van der Waals surface area contributed by atoms with E-state index in [1.165, 1.54) is 22.3 Å². The molecule has 0 saturated carbocycles. The first-order chi connectivity index (χ1) is 9.61. The third kappa shape index (κ3) is 2.83. The quantitative estimate of drug-likeness (QED) is 0.734. The molecule has 20 heavy (non-hydrogen) atoms. The summed E-state index contributed by atoms with van der Waals surface area (Å²) in [6.45, 7) is 4.21. The molecule has 0 saturated heterocycles. The van der Waals surface area contributed by atoms with E-state index in [0.717, 1.165) is 18.6 Å². The highest BCUT2D eigenvalue weighted by molar-refractivity contribution is 6.20. The highest BCUT2D eigenvalue weighted by Gasteiger charge is 2.20. The average molecular weight is 287 g/mol. The van der Waals surface area contributed by atoms with E-state index >= 15 is 0 Å². The number of fused-ring (bicyclic) bond motifs is 1. The Morgan fingerprint density at radius 1 is 1.25 bits per heavy atom. The molecule has 3 rings (SSSR count). The Balaban J connectivity index is 1.78. The second kappa shape index (κ2) is 5.49. The van der Waals surface area contributed by atoms with Crippen LogP contribution in [0, 0.1) is 6.92 Å². The van der Waals surface area contributed by atoms with Crippen molar-refractivity contribution in [2.24, 2.45) is 0 Å². The number of aryl methyl sites for hydroxylation is 1. The maximum absolute atomic E-state index is 6.59. The first-order valence-corrected chi connectivity index (χ1v) is 7.54. The molecule has 2 aromatic rings. The van der Waals surface area contributed by atoms with Crippen LogP contribution in [-0.2, 0) is 12.8 Å². The highest BCUT2D eigenvalue weighted by atomic mass is 35.5. The van der Waals surface area contributed by atoms with Crippen LogP contribution >= 0.6 is 11.6 Å². The zero-order chi connectivity index (χ0) is 14.1. The Morgan fingerprint density at radius 2 is 2.10 bits per heavy atom. The van der Waals surface area contributed by atoms with Crippen molar-refractivity contribution in [2.75, 3.05) is 0 Å². The van der Waals surface area contributed by atoms with Crippen molar-refractivity contribution in [2.45, 2.75) is 38.2 Å². The predicted molar refractivity (Wildman–Crippen MR) is 83.7 cm³/mol. The molecular formula is C18H19ClO. The molecule has 1 heterocycles. The Hall–Kier alpha value is -1.47. The van der Waals surface area contributed by atoms with Crippen molar-refractivity contribution in [3.8, 4) is 5.75 Å². The summed E-state index contributed by atoms with van der Waals surface area (Å²) in [5.41, 5.74) is 5.03. The minimum absolute atomic E-state index is 0.0120. The largest absolute Gasteiger partial charge is 0.490 e. The minimum atomic E-state index is 0.0120. The molecule has 2 unspecified atom stereocenters. The van der Waals surface area contributed by atoms with Gasteiger partial charge in [-0.2, -0.15) is 0 Å². The summed E-state index contributed by atoms with van der Waals surface area (Å²) in [5.74, 6) is 1.01. The van der Waals surface area contributed by atoms with E-state index in [9.17, 15) is 0 Å². The molecule has 0 amide bonds. The lowest BCUT2D eigenvalue weighted by Gasteiger charge is -2.12. The van der Waals surface area contributed by atoms with Crippen LogP contribution in [0.3, 0.4) is 0 Å². The highest BCUT2D eigenvalue weighted by Crippen LogP contribution is 2.33. The summed E-state index contributed by atoms with van der Waals surface area (Å²) < 4.78 is 5.73. The van der Waals surface area contributed by atoms with Crippen LogP contribution in [0.5, 0.6) is 5.75 Å². The number of rotatable bonds is 3. The third-order valence-corrected chi connectivity index (χ3v) is 4.19. The smallest absolute Gasteiger partial charge is 0.123 e. The molecule has 0 aliphatic carbocycles. The fourth-order valence-electron chi connectivity index (χ4n) is 2.80. The first kappa shape index (κ1) is 13.5. The number of alkyl halides is 1. The van der Waals surface area contributed by atoms with Gasteiger partial charge in [0.25, 0.3) is 0 Å². The zero-order valence-electron chi connectivity index (χ0n) is 11.9. The summed E-state index contributed by atoms with van der Waals surface area (Å²) in [5, 5.41) is 0.0120. The molecule has 2 aromatic carbocycles. The Labute approximate surface area is 125 Å². The molecule has 1 nitrogen and oxygen atoms in total. The Bertz CT molecular complexity index is 621. The molecule has 0 bridgehead atoms. The van der Waals surface area contributed by atoms with Gasteiger partial charge in [0.2, 0.25) is 0 Å². The standard InChI is InChI=1S/C18H19ClO/c1-12-4-3-5-14(8-12)10-17(19)15-6-7-18-16(11-15)9-13(2)20-18/h3-8,11,13,17H,9-10H2,1-2H3. The van der Waals surface area contributed by atoms with E-state index in [1.807, 2.05) is 0 Å². The van der Waals surface area contributed by atoms with Crippen LogP contribution < -0.4 is 4.74 Å². The zero-order valence-corrected chi connectivity index (χ0v) is 12.7. The molecular weight excluding hydrogens is 268 g/mol. The van der Waals surface area contributed by atoms with Crippen LogP contribution in [0.1, 0.15) is 34.6 Å². The summed E-state index contributed by atoms with van der Waals surface area (Å²) in [4.78, 5) is 0. The van der Waals surface area contributed by atoms with Crippen molar-refractivity contribution < 1.29 is 4.74 Å². The van der Waals surface area contributed by atoms with Crippen molar-refractivity contribution in [3.63, 3.8) is 0 Å². The summed E-state index contributed by atoms with van der Waals surface area (Å²) in [7, 11) is 0. The molecule has 1 aliphatic heterocycles. The third-order valence-electron chi connectivity index (χ3n) is 3.78. The van der Waals surface area contributed by atoms with Crippen molar-refractivity contribution in [1.82, 2.24) is 0 Å². The summed E-state index contributed by atoms with van der Waals surface area (Å²) >= 11 is 6.59. The van der Waals surface area contributed by atoms with Crippen molar-refractivity contribution >= 4 is 11.6 Å². The maximum atomic E-state index is 6.59. The van der Waals surface area contributed by atoms with E-state index in [-0.39, 0.29) is 11.5 Å². The number of ether oxygens (including phenoxy) is 1. The SMILES string of the molecule is Cc1cccc(CC(Cl)c2ccc3c(c2)CC(C)O3)c1. The van der Waals surface area contributed by atoms with Gasteiger partial charge < -0.3 is 4.74 Å². The number of benzene rings is 2. The van der Waals surface area contributed by atoms with E-state index < -0.39 is 0 Å². The molecule has 104 valence electrons. The molecule has 0 fully saturated rings. The monoisotopic (exact) mass is 286 g/mol. The van der Waals surface area contributed by atoms with Gasteiger partial charge in [0, 0.05) is 6.42 Å². The number of hydrogen-bond acceptors (Lipinski definition) is 1. The molecule has 1 aliphatic rings. The molecule has 0 radical (unpaired) electrons. The van der Waals surface area contributed by atoms with Crippen LogP contribution in [0.15, 0.2) is 42.5 Å². The topological polar surface area (TPSA) is 9.23 Å². The summed E-state index contributed by atoms with van der Waals surface area (Å²) in [6, 6.07) is 14.9. The van der Waals surface area contributed by atoms with Gasteiger partial charge in [-0.05, 0) is 43.0 Å². The average Bonchev–Trinajstić information content (AvgIpc) is 2.77. The van der Waals surface area contributed by atoms with Crippen LogP contribution in [-0.4, -0.2) is 6.10 Å². The van der Waals surface area contributed by atoms with Gasteiger partial charge in [0.1, 0.15) is 11.9 Å². The lowest BCUT2D eigenvalue weighted by atomic mass is 10.00. The Kier molecular flexibility index (Phi) is 3.71. The van der Waals surface area contributed by atoms with Crippen molar-refractivity contribution in [1.29, 1.82) is 0 Å². The Morgan fingerprint density at radius 3 is 2.90 bits per heavy atom. The summed E-state index contributed by atoms with van der Waals surface area (Å²) in [6.07, 6.45) is 2.13. The van der Waals surface area contributed by atoms with E-state index in [0.29, 0.717) is 0 Å². The van der Waals surface area contributed by atoms with Gasteiger partial charge >= 0.3 is 0 Å². The molecule has 2 heteroatoms. The molecule has 0 spiro atoms. The molecule has 2 atom stereocenters. The van der Waals surface area contributed by atoms with Crippen molar-refractivity contribution in [3.05, 3.63) is 64.7 Å². The van der Waals surface area contributed by atoms with Gasteiger partial charge in [-0.25, -0.2) is 0 Å². The second-order valence-corrected chi connectivity index (χ2v) is 6.19. The molecule has 0 aromatic heterocycles. The lowest BCUT2D eigenvalue weighted by Crippen LogP contribution is -2.05. The first-order valence-electron chi connectivity index (χ1n) is 7.11. The minimum Gasteiger partial charge on any atom is -0.490 e. The fourth-order valence-corrected chi connectivity index (χ4v) is 3.11. The normalized spacial score (nSPS) is 18.4. The van der Waals surface area contributed by atoms with Gasteiger partial charge in [-0.3, -0.25) is 0 Å². The van der Waals surface area contributed by atoms with Crippen LogP contribution in [0.2, 0.25) is 0 Å². The number of halogens is 1. The van der Waals surface area contributed by atoms with Gasteiger partial charge in [0.05, 0.1) is 5.38 Å². The van der Waals surface area contributed by atoms with E-state index in [2.05, 4.69) is 56.3 Å². The maximum Gasteiger partial charge on any atom is 0.123 e. The van der Waals surface area contributed by atoms with Gasteiger partial charge in [0.15, 0.2) is 0 Å². The second-order valence-electron chi connectivity index (χ2n) is 5.66. The van der Waals surface area contributed by atoms with E-state index in [1.54, 1.807) is 0 Å². The predicted octanol–water partition coefficient (Wildman–Crippen LogP) is 4.84. The van der Waals surface area contributed by atoms with Gasteiger partial charge in [-0.1, -0.05) is 42.0 Å². The molecule has 0 N–H and O–H groups in total. The lowest BCUT2D eigenvalue weighted by molar-refractivity contribution is 0.254. The fraction of sp³-hybridized carbons (Fsp3) is 0.333. The number of hydrogen-bond donors (Lipinski definition) is 0.